The third kappa shape index (κ3) is 1.19. The molecule has 1 aromatic heterocycles. The van der Waals surface area contributed by atoms with Crippen LogP contribution in [0.2, 0.25) is 0 Å². The molecular weight excluding hydrogens is 218 g/mol. The van der Waals surface area contributed by atoms with Gasteiger partial charge in [-0.15, -0.1) is 10.2 Å². The average molecular weight is 237 g/mol. The summed E-state index contributed by atoms with van der Waals surface area (Å²) < 4.78 is 0. The Morgan fingerprint density at radius 3 is 2.75 bits per heavy atom. The lowest BCUT2D eigenvalue weighted by Gasteiger charge is -2.39. The van der Waals surface area contributed by atoms with E-state index in [-0.39, 0.29) is 0 Å². The fourth-order valence-electron chi connectivity index (χ4n) is 3.81. The van der Waals surface area contributed by atoms with Crippen LogP contribution in [0.3, 0.4) is 0 Å². The van der Waals surface area contributed by atoms with Crippen LogP contribution >= 0.6 is 11.3 Å². The van der Waals surface area contributed by atoms with Crippen LogP contribution in [0.25, 0.3) is 0 Å². The lowest BCUT2D eigenvalue weighted by atomic mass is 9.69. The van der Waals surface area contributed by atoms with Gasteiger partial charge in [-0.05, 0) is 36.0 Å². The van der Waals surface area contributed by atoms with Crippen molar-refractivity contribution in [3.8, 4) is 0 Å². The first kappa shape index (κ1) is 10.5. The van der Waals surface area contributed by atoms with E-state index in [1.807, 2.05) is 0 Å². The molecule has 3 unspecified atom stereocenters. The van der Waals surface area contributed by atoms with Gasteiger partial charge >= 0.3 is 0 Å². The van der Waals surface area contributed by atoms with Crippen molar-refractivity contribution in [1.82, 2.24) is 10.2 Å². The van der Waals surface area contributed by atoms with Crippen LogP contribution in [0.15, 0.2) is 5.51 Å². The summed E-state index contributed by atoms with van der Waals surface area (Å²) in [5.41, 5.74) is 2.68. The maximum Gasteiger partial charge on any atom is 0.205 e. The van der Waals surface area contributed by atoms with Gasteiger partial charge in [-0.25, -0.2) is 0 Å². The van der Waals surface area contributed by atoms with E-state index in [9.17, 15) is 0 Å². The van der Waals surface area contributed by atoms with Crippen LogP contribution in [0.4, 0.5) is 5.13 Å². The monoisotopic (exact) mass is 237 g/mol. The predicted octanol–water partition coefficient (Wildman–Crippen LogP) is 3.16. The van der Waals surface area contributed by atoms with Crippen LogP contribution in [0, 0.1) is 16.7 Å². The smallest absolute Gasteiger partial charge is 0.205 e. The summed E-state index contributed by atoms with van der Waals surface area (Å²) in [5, 5.41) is 12.6. The predicted molar refractivity (Wildman–Crippen MR) is 66.5 cm³/mol. The second-order valence-corrected chi connectivity index (χ2v) is 6.88. The van der Waals surface area contributed by atoms with Crippen LogP contribution in [-0.2, 0) is 0 Å². The molecule has 0 amide bonds. The lowest BCUT2D eigenvalue weighted by Crippen LogP contribution is -2.40. The zero-order valence-electron chi connectivity index (χ0n) is 10.2. The highest BCUT2D eigenvalue weighted by Gasteiger charge is 2.61. The van der Waals surface area contributed by atoms with Gasteiger partial charge in [0.1, 0.15) is 5.51 Å². The molecule has 3 rings (SSSR count). The first-order valence-corrected chi connectivity index (χ1v) is 6.95. The third-order valence-electron chi connectivity index (χ3n) is 5.45. The summed E-state index contributed by atoms with van der Waals surface area (Å²) in [4.78, 5) is 0. The van der Waals surface area contributed by atoms with Crippen molar-refractivity contribution in [2.75, 3.05) is 5.32 Å². The highest BCUT2D eigenvalue weighted by atomic mass is 32.1. The molecule has 0 radical (unpaired) electrons. The van der Waals surface area contributed by atoms with Crippen molar-refractivity contribution >= 4 is 16.5 Å². The summed E-state index contributed by atoms with van der Waals surface area (Å²) in [7, 11) is 0. The van der Waals surface area contributed by atoms with Gasteiger partial charge in [0.25, 0.3) is 0 Å². The van der Waals surface area contributed by atoms with Gasteiger partial charge in [-0.3, -0.25) is 0 Å². The van der Waals surface area contributed by atoms with Crippen molar-refractivity contribution in [2.24, 2.45) is 16.7 Å². The quantitative estimate of drug-likeness (QED) is 0.858. The van der Waals surface area contributed by atoms with Gasteiger partial charge in [0.15, 0.2) is 0 Å². The maximum atomic E-state index is 4.10. The summed E-state index contributed by atoms with van der Waals surface area (Å²) in [6.45, 7) is 7.32. The minimum Gasteiger partial charge on any atom is -0.357 e. The molecule has 3 nitrogen and oxygen atoms in total. The highest BCUT2D eigenvalue weighted by molar-refractivity contribution is 7.13. The number of aromatic nitrogens is 2. The molecule has 2 aliphatic rings. The number of nitrogens with one attached hydrogen (secondary N) is 1. The fourth-order valence-corrected chi connectivity index (χ4v) is 4.31. The molecule has 2 fully saturated rings. The Balaban J connectivity index is 1.85. The molecule has 16 heavy (non-hydrogen) atoms. The van der Waals surface area contributed by atoms with E-state index < -0.39 is 0 Å². The van der Waals surface area contributed by atoms with E-state index in [1.54, 1.807) is 16.8 Å². The number of hydrogen-bond acceptors (Lipinski definition) is 4. The number of nitrogens with zero attached hydrogens (tertiary/aromatic N) is 2. The standard InChI is InChI=1S/C12H19N3S/c1-11(2)8-4-5-12(11,3)9(6-8)14-10-15-13-7-16-10/h7-9H,4-6H2,1-3H3,(H,14,15). The number of hydrogen-bond donors (Lipinski definition) is 1. The van der Waals surface area contributed by atoms with E-state index in [0.29, 0.717) is 16.9 Å². The van der Waals surface area contributed by atoms with E-state index in [1.165, 1.54) is 19.3 Å². The lowest BCUT2D eigenvalue weighted by molar-refractivity contribution is 0.142. The Labute approximate surface area is 101 Å². The van der Waals surface area contributed by atoms with Gasteiger partial charge in [0, 0.05) is 6.04 Å². The van der Waals surface area contributed by atoms with Crippen molar-refractivity contribution in [3.05, 3.63) is 5.51 Å². The molecular formula is C12H19N3S. The molecule has 1 aromatic rings. The van der Waals surface area contributed by atoms with Crippen molar-refractivity contribution in [3.63, 3.8) is 0 Å². The molecule has 0 spiro atoms. The Hall–Kier alpha value is -0.640. The molecule has 2 saturated carbocycles. The average Bonchev–Trinajstić information content (AvgIpc) is 2.84. The summed E-state index contributed by atoms with van der Waals surface area (Å²) in [5.74, 6) is 0.878. The van der Waals surface area contributed by atoms with Crippen LogP contribution < -0.4 is 5.32 Å². The highest BCUT2D eigenvalue weighted by Crippen LogP contribution is 2.65. The maximum absolute atomic E-state index is 4.10. The largest absolute Gasteiger partial charge is 0.357 e. The van der Waals surface area contributed by atoms with Crippen molar-refractivity contribution in [2.45, 2.75) is 46.1 Å². The van der Waals surface area contributed by atoms with Gasteiger partial charge in [-0.1, -0.05) is 32.1 Å². The minimum absolute atomic E-state index is 0.420. The van der Waals surface area contributed by atoms with E-state index in [0.717, 1.165) is 11.0 Å². The topological polar surface area (TPSA) is 37.8 Å². The fraction of sp³-hybridized carbons (Fsp3) is 0.833. The Kier molecular flexibility index (Phi) is 2.09. The SMILES string of the molecule is CC1(C)C2CCC1(C)C(Nc1nncs1)C2. The molecule has 0 aromatic carbocycles. The zero-order chi connectivity index (χ0) is 11.4. The van der Waals surface area contributed by atoms with Crippen LogP contribution in [0.5, 0.6) is 0 Å². The van der Waals surface area contributed by atoms with E-state index in [4.69, 9.17) is 0 Å². The van der Waals surface area contributed by atoms with Crippen LogP contribution in [-0.4, -0.2) is 16.2 Å². The zero-order valence-corrected chi connectivity index (χ0v) is 11.0. The summed E-state index contributed by atoms with van der Waals surface area (Å²) in [6, 6.07) is 0.578. The Morgan fingerprint density at radius 1 is 1.44 bits per heavy atom. The second kappa shape index (κ2) is 3.19. The molecule has 4 heteroatoms. The molecule has 1 N–H and O–H groups in total. The van der Waals surface area contributed by atoms with E-state index >= 15 is 0 Å². The Morgan fingerprint density at radius 2 is 2.25 bits per heavy atom. The van der Waals surface area contributed by atoms with Gasteiger partial charge in [-0.2, -0.15) is 0 Å². The second-order valence-electron chi connectivity index (χ2n) is 6.05. The Bertz CT molecular complexity index is 387. The van der Waals surface area contributed by atoms with Gasteiger partial charge in [0.2, 0.25) is 5.13 Å². The molecule has 2 bridgehead atoms. The van der Waals surface area contributed by atoms with Crippen LogP contribution in [0.1, 0.15) is 40.0 Å². The molecule has 3 atom stereocenters. The van der Waals surface area contributed by atoms with Gasteiger partial charge < -0.3 is 5.32 Å². The molecule has 0 aliphatic heterocycles. The van der Waals surface area contributed by atoms with Crippen molar-refractivity contribution < 1.29 is 0 Å². The number of fused-ring (bicyclic) bond motifs is 2. The molecule has 0 saturated heterocycles. The molecule has 1 heterocycles. The number of rotatable bonds is 2. The minimum atomic E-state index is 0.420. The van der Waals surface area contributed by atoms with Crippen molar-refractivity contribution in [1.29, 1.82) is 0 Å². The number of anilines is 1. The first-order chi connectivity index (χ1) is 7.54. The molecule has 88 valence electrons. The molecule has 2 aliphatic carbocycles. The summed E-state index contributed by atoms with van der Waals surface area (Å²) >= 11 is 1.60. The third-order valence-corrected chi connectivity index (χ3v) is 6.07. The normalized spacial score (nSPS) is 40.2. The van der Waals surface area contributed by atoms with Gasteiger partial charge in [0.05, 0.1) is 0 Å². The van der Waals surface area contributed by atoms with E-state index in [2.05, 4.69) is 36.3 Å². The summed E-state index contributed by atoms with van der Waals surface area (Å²) in [6.07, 6.45) is 4.04. The first-order valence-electron chi connectivity index (χ1n) is 6.07.